The molecule has 3 aromatic heterocycles. The maximum Gasteiger partial charge on any atom is 0.228 e. The molecule has 140 valence electrons. The second-order valence-corrected chi connectivity index (χ2v) is 9.27. The third kappa shape index (κ3) is 4.51. The van der Waals surface area contributed by atoms with E-state index in [4.69, 9.17) is 11.6 Å². The van der Waals surface area contributed by atoms with E-state index in [1.165, 1.54) is 0 Å². The quantitative estimate of drug-likeness (QED) is 0.545. The number of thiophene rings is 1. The van der Waals surface area contributed by atoms with Crippen molar-refractivity contribution in [2.24, 2.45) is 0 Å². The van der Waals surface area contributed by atoms with Gasteiger partial charge in [-0.25, -0.2) is 9.97 Å². The van der Waals surface area contributed by atoms with Crippen LogP contribution in [0.1, 0.15) is 5.69 Å². The molecule has 0 N–H and O–H groups in total. The van der Waals surface area contributed by atoms with Gasteiger partial charge in [0, 0.05) is 47.6 Å². The minimum atomic E-state index is 0.128. The van der Waals surface area contributed by atoms with Crippen molar-refractivity contribution >= 4 is 61.9 Å². The van der Waals surface area contributed by atoms with E-state index in [1.807, 2.05) is 27.8 Å². The Hall–Kier alpha value is -1.48. The van der Waals surface area contributed by atoms with E-state index in [1.54, 1.807) is 28.9 Å². The summed E-state index contributed by atoms with van der Waals surface area (Å²) < 4.78 is 1.06. The number of amides is 1. The first-order chi connectivity index (χ1) is 13.1. The van der Waals surface area contributed by atoms with Crippen molar-refractivity contribution in [1.82, 2.24) is 14.9 Å². The Labute approximate surface area is 178 Å². The molecule has 1 amide bonds. The molecule has 0 aromatic carbocycles. The van der Waals surface area contributed by atoms with Gasteiger partial charge in [0.2, 0.25) is 5.91 Å². The third-order valence-corrected chi connectivity index (χ3v) is 7.31. The molecule has 0 radical (unpaired) electrons. The summed E-state index contributed by atoms with van der Waals surface area (Å²) >= 11 is 12.6. The zero-order chi connectivity index (χ0) is 18.8. The number of aromatic nitrogens is 2. The molecule has 0 bridgehead atoms. The largest absolute Gasteiger partial charge is 0.353 e. The lowest BCUT2D eigenvalue weighted by Gasteiger charge is -2.35. The molecule has 4 rings (SSSR count). The Morgan fingerprint density at radius 1 is 1.19 bits per heavy atom. The van der Waals surface area contributed by atoms with E-state index in [9.17, 15) is 4.79 Å². The summed E-state index contributed by atoms with van der Waals surface area (Å²) in [5.74, 6) is 1.03. The smallest absolute Gasteiger partial charge is 0.228 e. The van der Waals surface area contributed by atoms with Crippen molar-refractivity contribution in [3.63, 3.8) is 0 Å². The second-order valence-electron chi connectivity index (χ2n) is 6.15. The van der Waals surface area contributed by atoms with Crippen LogP contribution in [0.4, 0.5) is 5.82 Å². The Morgan fingerprint density at radius 3 is 2.67 bits per heavy atom. The third-order valence-electron chi connectivity index (χ3n) is 4.33. The van der Waals surface area contributed by atoms with Gasteiger partial charge in [0.25, 0.3) is 0 Å². The molecule has 1 aliphatic heterocycles. The van der Waals surface area contributed by atoms with Gasteiger partial charge >= 0.3 is 0 Å². The van der Waals surface area contributed by atoms with E-state index >= 15 is 0 Å². The Morgan fingerprint density at radius 2 is 2.00 bits per heavy atom. The highest BCUT2D eigenvalue weighted by Crippen LogP contribution is 2.32. The van der Waals surface area contributed by atoms with Crippen molar-refractivity contribution in [2.75, 3.05) is 31.1 Å². The van der Waals surface area contributed by atoms with Crippen LogP contribution < -0.4 is 4.90 Å². The molecule has 1 saturated heterocycles. The number of rotatable bonds is 4. The summed E-state index contributed by atoms with van der Waals surface area (Å²) in [6.07, 6.45) is 2.00. The lowest BCUT2D eigenvalue weighted by molar-refractivity contribution is -0.130. The average Bonchev–Trinajstić information content (AvgIpc) is 3.31. The molecule has 0 saturated carbocycles. The standard InChI is InChI=1S/C18H16BrClN4OS2/c19-12-7-15(26-10-12)18-22-14(11-27-18)8-17(25)24-5-3-23(4-6-24)16-2-1-13(20)9-21-16/h1-2,7,9-11H,3-6,8H2. The monoisotopic (exact) mass is 482 g/mol. The predicted molar refractivity (Wildman–Crippen MR) is 115 cm³/mol. The van der Waals surface area contributed by atoms with Crippen molar-refractivity contribution in [3.05, 3.63) is 50.3 Å². The van der Waals surface area contributed by atoms with Gasteiger partial charge in [-0.05, 0) is 34.1 Å². The summed E-state index contributed by atoms with van der Waals surface area (Å²) in [5, 5.41) is 5.61. The van der Waals surface area contributed by atoms with Crippen molar-refractivity contribution in [3.8, 4) is 9.88 Å². The van der Waals surface area contributed by atoms with Crippen LogP contribution in [0.3, 0.4) is 0 Å². The SMILES string of the molecule is O=C(Cc1csc(-c2cc(Br)cs2)n1)N1CCN(c2ccc(Cl)cn2)CC1. The van der Waals surface area contributed by atoms with Gasteiger partial charge in [-0.1, -0.05) is 11.6 Å². The minimum Gasteiger partial charge on any atom is -0.353 e. The highest BCUT2D eigenvalue weighted by atomic mass is 79.9. The van der Waals surface area contributed by atoms with Crippen molar-refractivity contribution in [1.29, 1.82) is 0 Å². The fraction of sp³-hybridized carbons (Fsp3) is 0.278. The van der Waals surface area contributed by atoms with Gasteiger partial charge in [-0.3, -0.25) is 4.79 Å². The molecule has 1 fully saturated rings. The molecule has 0 spiro atoms. The Kier molecular flexibility index (Phi) is 5.77. The van der Waals surface area contributed by atoms with E-state index in [0.29, 0.717) is 24.5 Å². The van der Waals surface area contributed by atoms with E-state index < -0.39 is 0 Å². The van der Waals surface area contributed by atoms with Gasteiger partial charge in [0.1, 0.15) is 10.8 Å². The number of thiazole rings is 1. The van der Waals surface area contributed by atoms with Gasteiger partial charge in [0.15, 0.2) is 0 Å². The molecule has 9 heteroatoms. The van der Waals surface area contributed by atoms with Crippen LogP contribution in [0.15, 0.2) is 39.6 Å². The maximum atomic E-state index is 12.6. The Bertz CT molecular complexity index is 935. The second kappa shape index (κ2) is 8.26. The lowest BCUT2D eigenvalue weighted by atomic mass is 10.2. The van der Waals surface area contributed by atoms with Crippen LogP contribution >= 0.6 is 50.2 Å². The van der Waals surface area contributed by atoms with E-state index in [2.05, 4.69) is 36.9 Å². The summed E-state index contributed by atoms with van der Waals surface area (Å²) in [6.45, 7) is 2.92. The molecular weight excluding hydrogens is 468 g/mol. The number of hydrogen-bond donors (Lipinski definition) is 0. The Balaban J connectivity index is 1.33. The van der Waals surface area contributed by atoms with Crippen LogP contribution in [0, 0.1) is 0 Å². The number of carbonyl (C=O) groups excluding carboxylic acids is 1. The summed E-state index contributed by atoms with van der Waals surface area (Å²) in [5.41, 5.74) is 0.839. The normalized spacial score (nSPS) is 14.6. The zero-order valence-electron chi connectivity index (χ0n) is 14.3. The van der Waals surface area contributed by atoms with Gasteiger partial charge in [-0.2, -0.15) is 0 Å². The minimum absolute atomic E-state index is 0.128. The number of pyridine rings is 1. The van der Waals surface area contributed by atoms with Crippen LogP contribution in [-0.4, -0.2) is 47.0 Å². The number of nitrogens with zero attached hydrogens (tertiary/aromatic N) is 4. The summed E-state index contributed by atoms with van der Waals surface area (Å²) in [6, 6.07) is 5.81. The van der Waals surface area contributed by atoms with Crippen LogP contribution in [0.25, 0.3) is 9.88 Å². The highest BCUT2D eigenvalue weighted by molar-refractivity contribution is 9.10. The van der Waals surface area contributed by atoms with Crippen LogP contribution in [-0.2, 0) is 11.2 Å². The molecule has 5 nitrogen and oxygen atoms in total. The fourth-order valence-corrected chi connectivity index (χ4v) is 5.37. The first kappa shape index (κ1) is 18.9. The number of piperazine rings is 1. The maximum absolute atomic E-state index is 12.6. The summed E-state index contributed by atoms with van der Waals surface area (Å²) in [7, 11) is 0. The number of halogens is 2. The van der Waals surface area contributed by atoms with Gasteiger partial charge in [-0.15, -0.1) is 22.7 Å². The first-order valence-electron chi connectivity index (χ1n) is 8.41. The molecule has 0 atom stereocenters. The fourth-order valence-electron chi connectivity index (χ4n) is 2.93. The lowest BCUT2D eigenvalue weighted by Crippen LogP contribution is -2.49. The predicted octanol–water partition coefficient (Wildman–Crippen LogP) is 4.57. The molecule has 27 heavy (non-hydrogen) atoms. The topological polar surface area (TPSA) is 49.3 Å². The molecule has 0 aliphatic carbocycles. The average molecular weight is 484 g/mol. The van der Waals surface area contributed by atoms with Crippen LogP contribution in [0.5, 0.6) is 0 Å². The van der Waals surface area contributed by atoms with Crippen LogP contribution in [0.2, 0.25) is 5.02 Å². The van der Waals surface area contributed by atoms with Crippen molar-refractivity contribution in [2.45, 2.75) is 6.42 Å². The van der Waals surface area contributed by atoms with E-state index in [-0.39, 0.29) is 5.91 Å². The number of carbonyl (C=O) groups is 1. The van der Waals surface area contributed by atoms with Gasteiger partial charge in [0.05, 0.1) is 22.0 Å². The molecule has 3 aromatic rings. The molecule has 1 aliphatic rings. The summed E-state index contributed by atoms with van der Waals surface area (Å²) in [4.78, 5) is 26.8. The van der Waals surface area contributed by atoms with Crippen molar-refractivity contribution < 1.29 is 4.79 Å². The highest BCUT2D eigenvalue weighted by Gasteiger charge is 2.22. The molecular formula is C18H16BrClN4OS2. The van der Waals surface area contributed by atoms with Gasteiger partial charge < -0.3 is 9.80 Å². The molecule has 4 heterocycles. The zero-order valence-corrected chi connectivity index (χ0v) is 18.2. The first-order valence-corrected chi connectivity index (χ1v) is 11.3. The molecule has 0 unspecified atom stereocenters. The van der Waals surface area contributed by atoms with E-state index in [0.717, 1.165) is 39.0 Å². The number of anilines is 1. The number of hydrogen-bond acceptors (Lipinski definition) is 6.